The average molecular weight is 407 g/mol. The van der Waals surface area contributed by atoms with Crippen LogP contribution in [0.4, 0.5) is 0 Å². The van der Waals surface area contributed by atoms with Crippen LogP contribution in [-0.2, 0) is 18.8 Å². The van der Waals surface area contributed by atoms with Crippen LogP contribution in [0.5, 0.6) is 0 Å². The predicted octanol–water partition coefficient (Wildman–Crippen LogP) is 3.62. The lowest BCUT2D eigenvalue weighted by molar-refractivity contribution is -0.226. The van der Waals surface area contributed by atoms with Crippen LogP contribution in [0.15, 0.2) is 12.2 Å². The minimum Gasteiger partial charge on any atom is -0.463 e. The molecule has 1 saturated heterocycles. The maximum atomic E-state index is 13.1. The Kier molecular flexibility index (Phi) is 3.76. The van der Waals surface area contributed by atoms with E-state index in [-0.39, 0.29) is 28.8 Å². The Hall–Kier alpha value is -0.983. The van der Waals surface area contributed by atoms with E-state index in [1.807, 2.05) is 13.8 Å². The first-order valence-electron chi connectivity index (χ1n) is 10.4. The molecule has 1 N–H and O–H groups in total. The molecule has 0 aromatic carbocycles. The summed E-state index contributed by atoms with van der Waals surface area (Å²) in [6, 6.07) is 0. The van der Waals surface area contributed by atoms with E-state index in [4.69, 9.17) is 9.16 Å². The lowest BCUT2D eigenvalue weighted by Gasteiger charge is -2.66. The molecule has 156 valence electrons. The monoisotopic (exact) mass is 406 g/mol. The fourth-order valence-electron chi connectivity index (χ4n) is 6.44. The molecule has 3 aliphatic carbocycles. The number of ether oxygens (including phenoxy) is 1. The number of allylic oxidation sites excluding steroid dienone is 1. The van der Waals surface area contributed by atoms with Gasteiger partial charge in [0.1, 0.15) is 12.4 Å². The van der Waals surface area contributed by atoms with Crippen molar-refractivity contribution in [3.8, 4) is 0 Å². The Bertz CT molecular complexity index is 797. The molecule has 28 heavy (non-hydrogen) atoms. The molecule has 1 spiro atoms. The molecule has 0 radical (unpaired) electrons. The third kappa shape index (κ3) is 1.91. The van der Waals surface area contributed by atoms with Crippen molar-refractivity contribution in [1.29, 1.82) is 0 Å². The van der Waals surface area contributed by atoms with Crippen LogP contribution in [-0.4, -0.2) is 43.5 Å². The van der Waals surface area contributed by atoms with Gasteiger partial charge in [-0.05, 0) is 49.2 Å². The van der Waals surface area contributed by atoms with Gasteiger partial charge in [0, 0.05) is 11.8 Å². The van der Waals surface area contributed by atoms with Crippen molar-refractivity contribution in [2.75, 3.05) is 6.61 Å². The number of Topliss-reactive ketones (excluding diaryl/α,β-unsaturated/α-hetero) is 1. The Morgan fingerprint density at radius 2 is 1.86 bits per heavy atom. The molecule has 4 rings (SSSR count). The lowest BCUT2D eigenvalue weighted by atomic mass is 9.38. The lowest BCUT2D eigenvalue weighted by Crippen LogP contribution is -2.72. The van der Waals surface area contributed by atoms with E-state index in [0.717, 1.165) is 12.0 Å². The van der Waals surface area contributed by atoms with Crippen molar-refractivity contribution in [3.63, 3.8) is 0 Å². The highest BCUT2D eigenvalue weighted by molar-refractivity contribution is 6.74. The van der Waals surface area contributed by atoms with E-state index in [1.54, 1.807) is 0 Å². The number of aliphatic hydroxyl groups is 1. The number of hydrogen-bond donors (Lipinski definition) is 1. The van der Waals surface area contributed by atoms with Gasteiger partial charge in [-0.25, -0.2) is 4.79 Å². The van der Waals surface area contributed by atoms with Gasteiger partial charge in [-0.3, -0.25) is 4.79 Å². The molecular formula is C22H34O5Si. The highest BCUT2D eigenvalue weighted by atomic mass is 28.4. The van der Waals surface area contributed by atoms with Crippen LogP contribution in [0.2, 0.25) is 18.1 Å². The van der Waals surface area contributed by atoms with Gasteiger partial charge in [-0.2, -0.15) is 0 Å². The first kappa shape index (κ1) is 20.3. The first-order valence-corrected chi connectivity index (χ1v) is 13.3. The van der Waals surface area contributed by atoms with Crippen LogP contribution in [0.1, 0.15) is 53.9 Å². The molecule has 6 heteroatoms. The maximum Gasteiger partial charge on any atom is 0.341 e. The molecule has 1 heterocycles. The summed E-state index contributed by atoms with van der Waals surface area (Å²) in [5.41, 5.74) is -2.44. The molecule has 3 saturated carbocycles. The number of cyclic esters (lactones) is 1. The topological polar surface area (TPSA) is 72.8 Å². The van der Waals surface area contributed by atoms with Gasteiger partial charge in [0.05, 0.1) is 11.5 Å². The largest absolute Gasteiger partial charge is 0.463 e. The first-order chi connectivity index (χ1) is 12.6. The summed E-state index contributed by atoms with van der Waals surface area (Å²) in [4.78, 5) is 26.0. The summed E-state index contributed by atoms with van der Waals surface area (Å²) in [7, 11) is -2.27. The van der Waals surface area contributed by atoms with Crippen LogP contribution in [0.25, 0.3) is 0 Å². The normalized spacial score (nSPS) is 47.9. The van der Waals surface area contributed by atoms with E-state index in [1.165, 1.54) is 0 Å². The molecule has 5 nitrogen and oxygen atoms in total. The summed E-state index contributed by atoms with van der Waals surface area (Å²) < 4.78 is 12.2. The van der Waals surface area contributed by atoms with Gasteiger partial charge >= 0.3 is 5.97 Å². The van der Waals surface area contributed by atoms with Crippen molar-refractivity contribution < 1.29 is 23.9 Å². The van der Waals surface area contributed by atoms with E-state index in [9.17, 15) is 14.7 Å². The standard InChI is InChI=1S/C22H34O5Si/c1-13-10-21-11-16(27-28(7,8)18(2,3)4)22(25)17(24)26-12-19(22,5)14(21)9-15(23)20(13,21)6/h14,16,25H,1,9-12H2,2-8H3/t14?,16-,19+,20-,21-,22-/m1/s1. The number of carbonyl (C=O) groups is 2. The zero-order valence-electron chi connectivity index (χ0n) is 18.3. The molecule has 0 aromatic rings. The highest BCUT2D eigenvalue weighted by Crippen LogP contribution is 2.78. The van der Waals surface area contributed by atoms with Crippen molar-refractivity contribution >= 4 is 20.1 Å². The number of ketones is 1. The number of esters is 1. The van der Waals surface area contributed by atoms with Crippen LogP contribution >= 0.6 is 0 Å². The summed E-state index contributed by atoms with van der Waals surface area (Å²) in [6.07, 6.45) is 0.976. The van der Waals surface area contributed by atoms with E-state index >= 15 is 0 Å². The Balaban J connectivity index is 1.85. The van der Waals surface area contributed by atoms with Gasteiger partial charge in [0.15, 0.2) is 13.9 Å². The summed E-state index contributed by atoms with van der Waals surface area (Å²) in [6.45, 7) is 19.0. The molecule has 0 bridgehead atoms. The highest BCUT2D eigenvalue weighted by Gasteiger charge is 2.82. The van der Waals surface area contributed by atoms with E-state index in [2.05, 4.69) is 40.4 Å². The van der Waals surface area contributed by atoms with Gasteiger partial charge in [-0.1, -0.05) is 39.8 Å². The molecule has 1 unspecified atom stereocenters. The average Bonchev–Trinajstić information content (AvgIpc) is 2.91. The molecule has 0 aromatic heterocycles. The molecule has 4 fully saturated rings. The van der Waals surface area contributed by atoms with Gasteiger partial charge in [0.25, 0.3) is 0 Å². The smallest absolute Gasteiger partial charge is 0.341 e. The third-order valence-corrected chi connectivity index (χ3v) is 14.0. The van der Waals surface area contributed by atoms with Crippen LogP contribution < -0.4 is 0 Å². The minimum absolute atomic E-state index is 0.0607. The fraction of sp³-hybridized carbons (Fsp3) is 0.818. The summed E-state index contributed by atoms with van der Waals surface area (Å²) >= 11 is 0. The van der Waals surface area contributed by atoms with Gasteiger partial charge in [-0.15, -0.1) is 0 Å². The maximum absolute atomic E-state index is 13.1. The quantitative estimate of drug-likeness (QED) is 0.431. The zero-order chi connectivity index (χ0) is 21.1. The van der Waals surface area contributed by atoms with Crippen LogP contribution in [0, 0.1) is 22.2 Å². The van der Waals surface area contributed by atoms with E-state index in [0.29, 0.717) is 12.8 Å². The molecular weight excluding hydrogens is 372 g/mol. The number of fused-ring (bicyclic) bond motifs is 2. The van der Waals surface area contributed by atoms with Crippen molar-refractivity contribution in [3.05, 3.63) is 12.2 Å². The summed E-state index contributed by atoms with van der Waals surface area (Å²) in [5, 5.41) is 11.8. The fourth-order valence-corrected chi connectivity index (χ4v) is 7.76. The zero-order valence-corrected chi connectivity index (χ0v) is 19.3. The van der Waals surface area contributed by atoms with Crippen molar-refractivity contribution in [2.45, 2.75) is 83.7 Å². The second kappa shape index (κ2) is 5.19. The number of rotatable bonds is 2. The van der Waals surface area contributed by atoms with Gasteiger partial charge in [0.2, 0.25) is 0 Å². The molecule has 4 aliphatic rings. The Morgan fingerprint density at radius 1 is 1.25 bits per heavy atom. The second-order valence-electron chi connectivity index (χ2n) is 11.6. The number of carbonyl (C=O) groups excluding carboxylic acids is 2. The molecule has 6 atom stereocenters. The SMILES string of the molecule is C=C1C[C@@]23C[C@@H](O[Si](C)(C)C(C)(C)C)[C@@]4(O)C(=O)OC[C@@]4(C)C2CC(=O)[C@@]13C. The van der Waals surface area contributed by atoms with Gasteiger partial charge < -0.3 is 14.3 Å². The third-order valence-electron chi connectivity index (χ3n) is 9.56. The van der Waals surface area contributed by atoms with E-state index < -0.39 is 36.8 Å². The minimum atomic E-state index is -2.27. The number of hydrogen-bond acceptors (Lipinski definition) is 5. The predicted molar refractivity (Wildman–Crippen MR) is 108 cm³/mol. The van der Waals surface area contributed by atoms with Crippen molar-refractivity contribution in [2.24, 2.45) is 22.2 Å². The molecule has 0 amide bonds. The Morgan fingerprint density at radius 3 is 2.39 bits per heavy atom. The molecule has 1 aliphatic heterocycles. The van der Waals surface area contributed by atoms with Crippen LogP contribution in [0.3, 0.4) is 0 Å². The second-order valence-corrected chi connectivity index (χ2v) is 16.3. The summed E-state index contributed by atoms with van der Waals surface area (Å²) in [5.74, 6) is -0.504. The Labute approximate surface area is 169 Å². The van der Waals surface area contributed by atoms with Crippen molar-refractivity contribution in [1.82, 2.24) is 0 Å².